The van der Waals surface area contributed by atoms with Crippen LogP contribution in [0, 0.1) is 11.3 Å². The topological polar surface area (TPSA) is 104 Å². The lowest BCUT2D eigenvalue weighted by atomic mass is 10.2. The number of amides is 1. The second-order valence-electron chi connectivity index (χ2n) is 3.84. The normalized spacial score (nSPS) is 9.65. The van der Waals surface area contributed by atoms with Crippen LogP contribution < -0.4 is 16.6 Å². The van der Waals surface area contributed by atoms with E-state index in [-0.39, 0.29) is 10.9 Å². The molecular weight excluding hydrogens is 278 g/mol. The minimum atomic E-state index is -0.332. The average molecular weight is 288 g/mol. The van der Waals surface area contributed by atoms with Gasteiger partial charge in [-0.3, -0.25) is 4.79 Å². The Morgan fingerprint density at radius 2 is 2.15 bits per heavy atom. The summed E-state index contributed by atoms with van der Waals surface area (Å²) < 4.78 is 0. The van der Waals surface area contributed by atoms with E-state index >= 15 is 0 Å². The van der Waals surface area contributed by atoms with Gasteiger partial charge in [0.25, 0.3) is 5.91 Å². The zero-order chi connectivity index (χ0) is 14.5. The Morgan fingerprint density at radius 3 is 2.70 bits per heavy atom. The largest absolute Gasteiger partial charge is 0.322 e. The molecule has 0 fully saturated rings. The first-order valence-electron chi connectivity index (χ1n) is 5.57. The van der Waals surface area contributed by atoms with Gasteiger partial charge in [-0.25, -0.2) is 10.8 Å². The van der Waals surface area contributed by atoms with Gasteiger partial charge in [-0.1, -0.05) is 11.6 Å². The molecule has 0 spiro atoms. The number of hydrazine groups is 1. The summed E-state index contributed by atoms with van der Waals surface area (Å²) in [5.41, 5.74) is 3.60. The number of carbonyl (C=O) groups is 1. The van der Waals surface area contributed by atoms with Crippen molar-refractivity contribution in [3.8, 4) is 6.07 Å². The number of benzene rings is 1. The molecule has 0 aliphatic heterocycles. The van der Waals surface area contributed by atoms with E-state index < -0.39 is 0 Å². The molecule has 2 rings (SSSR count). The maximum absolute atomic E-state index is 12.0. The van der Waals surface area contributed by atoms with Gasteiger partial charge in [-0.15, -0.1) is 0 Å². The molecule has 1 aromatic heterocycles. The van der Waals surface area contributed by atoms with Gasteiger partial charge in [-0.2, -0.15) is 5.26 Å². The third kappa shape index (κ3) is 3.03. The van der Waals surface area contributed by atoms with Crippen molar-refractivity contribution in [2.45, 2.75) is 0 Å². The number of rotatable bonds is 3. The van der Waals surface area contributed by atoms with Gasteiger partial charge in [0, 0.05) is 11.9 Å². The highest BCUT2D eigenvalue weighted by molar-refractivity contribution is 6.32. The van der Waals surface area contributed by atoms with Crippen LogP contribution in [0.25, 0.3) is 0 Å². The molecule has 0 aliphatic rings. The summed E-state index contributed by atoms with van der Waals surface area (Å²) in [6.45, 7) is 0. The van der Waals surface area contributed by atoms with Crippen molar-refractivity contribution in [2.75, 3.05) is 10.7 Å². The van der Waals surface area contributed by atoms with Gasteiger partial charge in [0.2, 0.25) is 0 Å². The maximum atomic E-state index is 12.0. The van der Waals surface area contributed by atoms with E-state index in [1.54, 1.807) is 18.2 Å². The Labute approximate surface area is 120 Å². The molecule has 0 unspecified atom stereocenters. The number of nitriles is 1. The lowest BCUT2D eigenvalue weighted by Gasteiger charge is -2.06. The van der Waals surface area contributed by atoms with Crippen LogP contribution in [0.2, 0.25) is 5.02 Å². The molecule has 0 atom stereocenters. The van der Waals surface area contributed by atoms with Crippen molar-refractivity contribution in [3.05, 3.63) is 52.7 Å². The second kappa shape index (κ2) is 6.02. The number of hydrogen-bond donors (Lipinski definition) is 3. The van der Waals surface area contributed by atoms with Crippen LogP contribution in [0.5, 0.6) is 0 Å². The molecule has 2 aromatic rings. The fourth-order valence-electron chi connectivity index (χ4n) is 1.50. The van der Waals surface area contributed by atoms with E-state index in [9.17, 15) is 4.79 Å². The van der Waals surface area contributed by atoms with Gasteiger partial charge in [0.15, 0.2) is 0 Å². The molecule has 1 amide bonds. The second-order valence-corrected chi connectivity index (χ2v) is 4.24. The third-order valence-corrected chi connectivity index (χ3v) is 2.83. The van der Waals surface area contributed by atoms with Crippen LogP contribution in [0.4, 0.5) is 11.5 Å². The highest BCUT2D eigenvalue weighted by Crippen LogP contribution is 2.20. The van der Waals surface area contributed by atoms with E-state index in [4.69, 9.17) is 22.7 Å². The Morgan fingerprint density at radius 1 is 1.35 bits per heavy atom. The standard InChI is InChI=1S/C13H10ClN5O/c14-11-5-10(3-1-8(11)6-15)18-13(20)9-2-4-12(19-16)17-7-9/h1-5,7H,16H2,(H,17,19)(H,18,20). The highest BCUT2D eigenvalue weighted by atomic mass is 35.5. The molecule has 1 aromatic carbocycles. The number of hydrogen-bond acceptors (Lipinski definition) is 5. The van der Waals surface area contributed by atoms with Crippen LogP contribution in [0.3, 0.4) is 0 Å². The summed E-state index contributed by atoms with van der Waals surface area (Å²) in [4.78, 5) is 15.9. The van der Waals surface area contributed by atoms with Gasteiger partial charge in [0.05, 0.1) is 16.1 Å². The number of carbonyl (C=O) groups excluding carboxylic acids is 1. The summed E-state index contributed by atoms with van der Waals surface area (Å²) in [6.07, 6.45) is 1.40. The number of nitrogens with zero attached hydrogens (tertiary/aromatic N) is 2. The summed E-state index contributed by atoms with van der Waals surface area (Å²) in [5, 5.41) is 11.7. The Hall–Kier alpha value is -2.62. The number of anilines is 2. The number of nitrogen functional groups attached to an aromatic ring is 1. The minimum Gasteiger partial charge on any atom is -0.322 e. The van der Waals surface area contributed by atoms with E-state index in [2.05, 4.69) is 15.7 Å². The van der Waals surface area contributed by atoms with Crippen molar-refractivity contribution in [1.82, 2.24) is 4.98 Å². The van der Waals surface area contributed by atoms with Gasteiger partial charge < -0.3 is 10.7 Å². The predicted octanol–water partition coefficient (Wildman–Crippen LogP) is 2.14. The number of pyridine rings is 1. The number of nitrogens with one attached hydrogen (secondary N) is 2. The Balaban J connectivity index is 2.15. The molecule has 100 valence electrons. The molecule has 7 heteroatoms. The van der Waals surface area contributed by atoms with Crippen molar-refractivity contribution >= 4 is 29.0 Å². The van der Waals surface area contributed by atoms with Gasteiger partial charge in [-0.05, 0) is 30.3 Å². The Kier molecular flexibility index (Phi) is 4.15. The molecule has 0 aliphatic carbocycles. The van der Waals surface area contributed by atoms with Gasteiger partial charge >= 0.3 is 0 Å². The molecule has 0 saturated carbocycles. The minimum absolute atomic E-state index is 0.283. The fourth-order valence-corrected chi connectivity index (χ4v) is 1.72. The average Bonchev–Trinajstić information content (AvgIpc) is 2.47. The third-order valence-electron chi connectivity index (χ3n) is 2.52. The molecule has 0 radical (unpaired) electrons. The molecule has 20 heavy (non-hydrogen) atoms. The van der Waals surface area contributed by atoms with E-state index in [0.29, 0.717) is 22.6 Å². The maximum Gasteiger partial charge on any atom is 0.257 e. The molecule has 0 saturated heterocycles. The zero-order valence-electron chi connectivity index (χ0n) is 10.2. The lowest BCUT2D eigenvalue weighted by molar-refractivity contribution is 0.102. The van der Waals surface area contributed by atoms with E-state index in [1.165, 1.54) is 18.3 Å². The van der Waals surface area contributed by atoms with Crippen molar-refractivity contribution in [1.29, 1.82) is 5.26 Å². The van der Waals surface area contributed by atoms with Crippen LogP contribution >= 0.6 is 11.6 Å². The first-order valence-corrected chi connectivity index (χ1v) is 5.95. The first-order chi connectivity index (χ1) is 9.63. The Bertz CT molecular complexity index is 678. The summed E-state index contributed by atoms with van der Waals surface area (Å²) in [6, 6.07) is 9.77. The van der Waals surface area contributed by atoms with Gasteiger partial charge in [0.1, 0.15) is 11.9 Å². The van der Waals surface area contributed by atoms with Crippen molar-refractivity contribution < 1.29 is 4.79 Å². The molecule has 1 heterocycles. The highest BCUT2D eigenvalue weighted by Gasteiger charge is 2.08. The quantitative estimate of drug-likeness (QED) is 0.593. The number of nitrogens with two attached hydrogens (primary N) is 1. The SMILES string of the molecule is N#Cc1ccc(NC(=O)c2ccc(NN)nc2)cc1Cl. The summed E-state index contributed by atoms with van der Waals surface area (Å²) >= 11 is 5.89. The van der Waals surface area contributed by atoms with E-state index in [1.807, 2.05) is 6.07 Å². The van der Waals surface area contributed by atoms with Crippen LogP contribution in [0.1, 0.15) is 15.9 Å². The smallest absolute Gasteiger partial charge is 0.257 e. The molecular formula is C13H10ClN5O. The summed E-state index contributed by atoms with van der Waals surface area (Å²) in [7, 11) is 0. The monoisotopic (exact) mass is 287 g/mol. The predicted molar refractivity (Wildman–Crippen MR) is 76.2 cm³/mol. The molecule has 4 N–H and O–H groups in total. The van der Waals surface area contributed by atoms with Crippen LogP contribution in [-0.4, -0.2) is 10.9 Å². The number of halogens is 1. The number of aromatic nitrogens is 1. The fraction of sp³-hybridized carbons (Fsp3) is 0. The first kappa shape index (κ1) is 13.8. The van der Waals surface area contributed by atoms with E-state index in [0.717, 1.165) is 0 Å². The lowest BCUT2D eigenvalue weighted by Crippen LogP contribution is -2.13. The summed E-state index contributed by atoms with van der Waals surface area (Å²) in [5.74, 6) is 5.32. The molecule has 0 bridgehead atoms. The molecule has 6 nitrogen and oxygen atoms in total. The van der Waals surface area contributed by atoms with Crippen molar-refractivity contribution in [3.63, 3.8) is 0 Å². The van der Waals surface area contributed by atoms with Crippen molar-refractivity contribution in [2.24, 2.45) is 5.84 Å². The van der Waals surface area contributed by atoms with Crippen LogP contribution in [0.15, 0.2) is 36.5 Å². The van der Waals surface area contributed by atoms with Crippen LogP contribution in [-0.2, 0) is 0 Å². The zero-order valence-corrected chi connectivity index (χ0v) is 11.0.